The number of ketones is 1. The predicted octanol–water partition coefficient (Wildman–Crippen LogP) is -0.593. The molecule has 1 saturated carbocycles. The zero-order valence-corrected chi connectivity index (χ0v) is 10.3. The molecule has 1 unspecified atom stereocenters. The molecular weight excluding hydrogens is 222 g/mol. The molecular formula is C11H21N3O3. The molecule has 0 aliphatic heterocycles. The third kappa shape index (κ3) is 2.48. The van der Waals surface area contributed by atoms with Crippen LogP contribution < -0.4 is 17.2 Å². The highest BCUT2D eigenvalue weighted by Crippen LogP contribution is 2.46. The summed E-state index contributed by atoms with van der Waals surface area (Å²) in [4.78, 5) is 22.6. The fourth-order valence-electron chi connectivity index (χ4n) is 2.44. The number of carbonyl (C=O) groups excluding carboxylic acids is 1. The lowest BCUT2D eigenvalue weighted by atomic mass is 9.73. The van der Waals surface area contributed by atoms with Gasteiger partial charge in [-0.15, -0.1) is 0 Å². The number of nitrogens with two attached hydrogens (primary N) is 3. The van der Waals surface area contributed by atoms with Crippen molar-refractivity contribution in [3.05, 3.63) is 0 Å². The van der Waals surface area contributed by atoms with Gasteiger partial charge in [-0.2, -0.15) is 0 Å². The molecule has 0 amide bonds. The van der Waals surface area contributed by atoms with E-state index in [9.17, 15) is 9.59 Å². The van der Waals surface area contributed by atoms with Crippen molar-refractivity contribution < 1.29 is 14.7 Å². The number of carboxylic acid groups (broad SMARTS) is 1. The van der Waals surface area contributed by atoms with Crippen LogP contribution in [0.4, 0.5) is 0 Å². The summed E-state index contributed by atoms with van der Waals surface area (Å²) in [6.45, 7) is 3.66. The maximum Gasteiger partial charge on any atom is 0.305 e. The highest BCUT2D eigenvalue weighted by Gasteiger charge is 2.53. The molecule has 0 bridgehead atoms. The van der Waals surface area contributed by atoms with Crippen molar-refractivity contribution in [2.75, 3.05) is 0 Å². The van der Waals surface area contributed by atoms with E-state index in [0.717, 1.165) is 0 Å². The number of hydrogen-bond donors (Lipinski definition) is 4. The summed E-state index contributed by atoms with van der Waals surface area (Å²) in [6.07, 6.45) is 0.746. The van der Waals surface area contributed by atoms with E-state index in [1.54, 1.807) is 0 Å². The van der Waals surface area contributed by atoms with Gasteiger partial charge in [0.15, 0.2) is 5.78 Å². The first-order valence-electron chi connectivity index (χ1n) is 5.68. The van der Waals surface area contributed by atoms with Crippen molar-refractivity contribution in [2.45, 2.75) is 44.8 Å². The molecule has 2 atom stereocenters. The summed E-state index contributed by atoms with van der Waals surface area (Å²) in [6, 6.07) is -0.981. The van der Waals surface area contributed by atoms with Gasteiger partial charge < -0.3 is 22.3 Å². The molecule has 7 N–H and O–H groups in total. The number of carboxylic acids is 1. The van der Waals surface area contributed by atoms with Crippen LogP contribution in [0, 0.1) is 11.3 Å². The first-order chi connectivity index (χ1) is 7.59. The molecule has 0 aromatic rings. The minimum Gasteiger partial charge on any atom is -0.481 e. The Morgan fingerprint density at radius 1 is 1.41 bits per heavy atom. The third-order valence-corrected chi connectivity index (χ3v) is 4.02. The second kappa shape index (κ2) is 4.36. The maximum absolute atomic E-state index is 12.1. The number of rotatable bonds is 4. The van der Waals surface area contributed by atoms with E-state index >= 15 is 0 Å². The minimum atomic E-state index is -1.08. The van der Waals surface area contributed by atoms with Gasteiger partial charge in [-0.3, -0.25) is 9.59 Å². The van der Waals surface area contributed by atoms with Gasteiger partial charge in [0, 0.05) is 11.3 Å². The Balaban J connectivity index is 2.82. The van der Waals surface area contributed by atoms with Crippen LogP contribution in [0.5, 0.6) is 0 Å². The van der Waals surface area contributed by atoms with E-state index in [2.05, 4.69) is 0 Å². The summed E-state index contributed by atoms with van der Waals surface area (Å²) in [5.74, 6) is -1.70. The van der Waals surface area contributed by atoms with Gasteiger partial charge in [-0.05, 0) is 12.8 Å². The Bertz CT molecular complexity index is 339. The monoisotopic (exact) mass is 243 g/mol. The van der Waals surface area contributed by atoms with Crippen molar-refractivity contribution in [3.8, 4) is 0 Å². The molecule has 0 spiro atoms. The molecule has 1 fully saturated rings. The van der Waals surface area contributed by atoms with E-state index in [0.29, 0.717) is 12.8 Å². The molecule has 0 saturated heterocycles. The van der Waals surface area contributed by atoms with E-state index in [1.807, 2.05) is 13.8 Å². The molecule has 0 radical (unpaired) electrons. The second-order valence-electron chi connectivity index (χ2n) is 5.46. The van der Waals surface area contributed by atoms with Crippen LogP contribution in [0.25, 0.3) is 0 Å². The second-order valence-corrected chi connectivity index (χ2v) is 5.46. The largest absolute Gasteiger partial charge is 0.481 e. The Morgan fingerprint density at radius 2 is 1.94 bits per heavy atom. The first kappa shape index (κ1) is 14.1. The summed E-state index contributed by atoms with van der Waals surface area (Å²) in [5.41, 5.74) is 16.0. The summed E-state index contributed by atoms with van der Waals surface area (Å²) < 4.78 is 0. The molecule has 98 valence electrons. The van der Waals surface area contributed by atoms with Crippen molar-refractivity contribution in [2.24, 2.45) is 28.5 Å². The van der Waals surface area contributed by atoms with E-state index in [-0.39, 0.29) is 18.1 Å². The molecule has 0 aromatic carbocycles. The number of carbonyl (C=O) groups is 2. The van der Waals surface area contributed by atoms with Gasteiger partial charge in [0.05, 0.1) is 18.1 Å². The average Bonchev–Trinajstić information content (AvgIpc) is 2.35. The highest BCUT2D eigenvalue weighted by atomic mass is 16.4. The Labute approximate surface area is 101 Å². The number of aliphatic carboxylic acids is 1. The zero-order chi connectivity index (χ0) is 13.4. The topological polar surface area (TPSA) is 132 Å². The third-order valence-electron chi connectivity index (χ3n) is 4.02. The van der Waals surface area contributed by atoms with Crippen molar-refractivity contribution in [1.82, 2.24) is 0 Å². The van der Waals surface area contributed by atoms with Gasteiger partial charge in [-0.1, -0.05) is 13.8 Å². The van der Waals surface area contributed by atoms with Crippen LogP contribution in [0.1, 0.15) is 33.1 Å². The van der Waals surface area contributed by atoms with Crippen molar-refractivity contribution in [3.63, 3.8) is 0 Å². The van der Waals surface area contributed by atoms with Crippen LogP contribution in [-0.2, 0) is 9.59 Å². The maximum atomic E-state index is 12.1. The smallest absolute Gasteiger partial charge is 0.305 e. The lowest BCUT2D eigenvalue weighted by Gasteiger charge is -2.38. The van der Waals surface area contributed by atoms with Crippen LogP contribution in [-0.4, -0.2) is 28.6 Å². The molecule has 6 heteroatoms. The molecule has 6 nitrogen and oxygen atoms in total. The van der Waals surface area contributed by atoms with E-state index < -0.39 is 23.1 Å². The van der Waals surface area contributed by atoms with Crippen molar-refractivity contribution in [1.29, 1.82) is 0 Å². The lowest BCUT2D eigenvalue weighted by molar-refractivity contribution is -0.140. The standard InChI is InChI=1S/C11H21N3O3/c1-10(2)6(3-4-11(10,13)14)9(17)7(12)5-8(15)16/h6-7H,3-5,12-14H2,1-2H3,(H,15,16)/t6?,7-/m0/s1. The lowest BCUT2D eigenvalue weighted by Crippen LogP contribution is -2.59. The van der Waals surface area contributed by atoms with Gasteiger partial charge >= 0.3 is 5.97 Å². The van der Waals surface area contributed by atoms with Gasteiger partial charge in [-0.25, -0.2) is 0 Å². The first-order valence-corrected chi connectivity index (χ1v) is 5.68. The molecule has 0 aromatic heterocycles. The zero-order valence-electron chi connectivity index (χ0n) is 10.3. The van der Waals surface area contributed by atoms with Crippen molar-refractivity contribution >= 4 is 11.8 Å². The van der Waals surface area contributed by atoms with Crippen LogP contribution in [0.3, 0.4) is 0 Å². The summed E-state index contributed by atoms with van der Waals surface area (Å²) >= 11 is 0. The van der Waals surface area contributed by atoms with Crippen LogP contribution in [0.2, 0.25) is 0 Å². The Morgan fingerprint density at radius 3 is 2.29 bits per heavy atom. The molecule has 1 aliphatic rings. The highest BCUT2D eigenvalue weighted by molar-refractivity contribution is 5.90. The van der Waals surface area contributed by atoms with Gasteiger partial charge in [0.25, 0.3) is 0 Å². The molecule has 17 heavy (non-hydrogen) atoms. The van der Waals surface area contributed by atoms with Gasteiger partial charge in [0.1, 0.15) is 0 Å². The summed E-state index contributed by atoms with van der Waals surface area (Å²) in [7, 11) is 0. The SMILES string of the molecule is CC1(C)C(C(=O)[C@@H](N)CC(=O)O)CCC1(N)N. The van der Waals surface area contributed by atoms with E-state index in [1.165, 1.54) is 0 Å². The average molecular weight is 243 g/mol. The van der Waals surface area contributed by atoms with E-state index in [4.69, 9.17) is 22.3 Å². The molecule has 1 rings (SSSR count). The minimum absolute atomic E-state index is 0.254. The fourth-order valence-corrected chi connectivity index (χ4v) is 2.44. The molecule has 1 aliphatic carbocycles. The quantitative estimate of drug-likeness (QED) is 0.488. The summed E-state index contributed by atoms with van der Waals surface area (Å²) in [5, 5.41) is 8.63. The Kier molecular flexibility index (Phi) is 3.61. The van der Waals surface area contributed by atoms with Crippen LogP contribution in [0.15, 0.2) is 0 Å². The van der Waals surface area contributed by atoms with Gasteiger partial charge in [0.2, 0.25) is 0 Å². The molecule has 0 heterocycles. The normalized spacial score (nSPS) is 27.7. The Hall–Kier alpha value is -0.980. The number of hydrogen-bond acceptors (Lipinski definition) is 5. The van der Waals surface area contributed by atoms with Crippen LogP contribution >= 0.6 is 0 Å². The fraction of sp³-hybridized carbons (Fsp3) is 0.818. The number of Topliss-reactive ketones (excluding diaryl/α,β-unsaturated/α-hetero) is 1. The predicted molar refractivity (Wildman–Crippen MR) is 62.8 cm³/mol.